The van der Waals surface area contributed by atoms with Crippen LogP contribution >= 0.6 is 0 Å². The fourth-order valence-electron chi connectivity index (χ4n) is 2.52. The number of urea groups is 1. The molecule has 0 aromatic heterocycles. The number of nitrogens with zero attached hydrogens (tertiary/aromatic N) is 1. The molecule has 3 rings (SSSR count). The fraction of sp³-hybridized carbons (Fsp3) is 0.444. The summed E-state index contributed by atoms with van der Waals surface area (Å²) in [6.45, 7) is 0. The minimum absolute atomic E-state index is 0.374. The lowest BCUT2D eigenvalue weighted by Crippen LogP contribution is -2.42. The molecule has 6 nitrogen and oxygen atoms in total. The van der Waals surface area contributed by atoms with E-state index in [0.29, 0.717) is 4.90 Å². The fourth-order valence-corrected chi connectivity index (χ4v) is 2.52. The maximum Gasteiger partial charge on any atom is 0.328 e. The molecule has 3 aliphatic heterocycles. The summed E-state index contributed by atoms with van der Waals surface area (Å²) in [6.07, 6.45) is 2.75. The third-order valence-corrected chi connectivity index (χ3v) is 3.13. The van der Waals surface area contributed by atoms with Crippen LogP contribution in [0, 0.1) is 11.8 Å². The first kappa shape index (κ1) is 8.60. The highest BCUT2D eigenvalue weighted by atomic mass is 16.5. The molecule has 0 aliphatic carbocycles. The normalized spacial score (nSPS) is 41.5. The summed E-state index contributed by atoms with van der Waals surface area (Å²) in [4.78, 5) is 34.9. The maximum atomic E-state index is 11.7. The summed E-state index contributed by atoms with van der Waals surface area (Å²) in [7, 11) is 0. The molecule has 0 aromatic rings. The van der Waals surface area contributed by atoms with Crippen LogP contribution in [-0.2, 0) is 14.3 Å². The van der Waals surface area contributed by atoms with Crippen LogP contribution in [0.25, 0.3) is 0 Å². The molecule has 4 amide bonds. The molecule has 0 radical (unpaired) electrons. The number of primary amides is 1. The number of carbonyl (C=O) groups is 3. The van der Waals surface area contributed by atoms with Gasteiger partial charge in [0.05, 0.1) is 24.0 Å². The number of amides is 4. The molecule has 0 aromatic carbocycles. The van der Waals surface area contributed by atoms with E-state index >= 15 is 0 Å². The Labute approximate surface area is 84.6 Å². The molecule has 0 saturated carbocycles. The van der Waals surface area contributed by atoms with Crippen molar-refractivity contribution in [3.63, 3.8) is 0 Å². The van der Waals surface area contributed by atoms with Gasteiger partial charge in [0, 0.05) is 0 Å². The number of hydrogen-bond donors (Lipinski definition) is 1. The highest BCUT2D eigenvalue weighted by Crippen LogP contribution is 2.44. The summed E-state index contributed by atoms with van der Waals surface area (Å²) in [5.41, 5.74) is 4.98. The Balaban J connectivity index is 2.03. The Kier molecular flexibility index (Phi) is 1.41. The molecule has 6 heteroatoms. The molecule has 3 aliphatic rings. The standard InChI is InChI=1S/C9H8N2O4/c10-9(14)11-7(12)5-3-1-2-4(15-3)6(5)8(11)13/h1-6H,(H2,10,14)/t3-,4-,5-,6-/m1/s1. The Bertz CT molecular complexity index is 386. The zero-order valence-electron chi connectivity index (χ0n) is 7.62. The van der Waals surface area contributed by atoms with Gasteiger partial charge in [-0.3, -0.25) is 9.59 Å². The van der Waals surface area contributed by atoms with E-state index in [-0.39, 0.29) is 12.2 Å². The quantitative estimate of drug-likeness (QED) is 0.408. The van der Waals surface area contributed by atoms with Gasteiger partial charge in [0.2, 0.25) is 11.8 Å². The molecule has 78 valence electrons. The van der Waals surface area contributed by atoms with Crippen LogP contribution in [-0.4, -0.2) is 35.0 Å². The van der Waals surface area contributed by atoms with Gasteiger partial charge in [0.1, 0.15) is 0 Å². The monoisotopic (exact) mass is 208 g/mol. The Hall–Kier alpha value is -1.69. The molecule has 2 saturated heterocycles. The molecule has 0 spiro atoms. The predicted molar refractivity (Wildman–Crippen MR) is 46.2 cm³/mol. The number of fused-ring (bicyclic) bond motifs is 5. The van der Waals surface area contributed by atoms with Crippen molar-refractivity contribution in [3.8, 4) is 0 Å². The molecule has 2 N–H and O–H groups in total. The van der Waals surface area contributed by atoms with E-state index in [2.05, 4.69) is 0 Å². The van der Waals surface area contributed by atoms with Gasteiger partial charge in [-0.1, -0.05) is 12.2 Å². The molecule has 2 fully saturated rings. The van der Waals surface area contributed by atoms with Gasteiger partial charge < -0.3 is 10.5 Å². The van der Waals surface area contributed by atoms with Gasteiger partial charge in [-0.05, 0) is 0 Å². The van der Waals surface area contributed by atoms with Gasteiger partial charge in [0.15, 0.2) is 0 Å². The third kappa shape index (κ3) is 0.847. The van der Waals surface area contributed by atoms with Gasteiger partial charge >= 0.3 is 6.03 Å². The number of ether oxygens (including phenoxy) is 1. The summed E-state index contributed by atoms with van der Waals surface area (Å²) >= 11 is 0. The molecule has 4 atom stereocenters. The van der Waals surface area contributed by atoms with Crippen LogP contribution < -0.4 is 5.73 Å². The lowest BCUT2D eigenvalue weighted by molar-refractivity contribution is -0.138. The molecular formula is C9H8N2O4. The van der Waals surface area contributed by atoms with Crippen molar-refractivity contribution in [2.45, 2.75) is 12.2 Å². The predicted octanol–water partition coefficient (Wildman–Crippen LogP) is -0.996. The van der Waals surface area contributed by atoms with Crippen molar-refractivity contribution in [2.75, 3.05) is 0 Å². The van der Waals surface area contributed by atoms with Gasteiger partial charge in [0.25, 0.3) is 0 Å². The zero-order chi connectivity index (χ0) is 10.7. The number of nitrogens with two attached hydrogens (primary N) is 1. The van der Waals surface area contributed by atoms with E-state index in [4.69, 9.17) is 10.5 Å². The number of imide groups is 3. The van der Waals surface area contributed by atoms with Crippen LogP contribution in [0.1, 0.15) is 0 Å². The first-order valence-electron chi connectivity index (χ1n) is 4.62. The second kappa shape index (κ2) is 2.46. The second-order valence-corrected chi connectivity index (χ2v) is 3.85. The Morgan fingerprint density at radius 3 is 2.07 bits per heavy atom. The topological polar surface area (TPSA) is 89.7 Å². The van der Waals surface area contributed by atoms with E-state index in [9.17, 15) is 14.4 Å². The first-order valence-corrected chi connectivity index (χ1v) is 4.62. The van der Waals surface area contributed by atoms with E-state index in [1.807, 2.05) is 0 Å². The summed E-state index contributed by atoms with van der Waals surface area (Å²) in [5, 5.41) is 0. The van der Waals surface area contributed by atoms with Crippen molar-refractivity contribution >= 4 is 17.8 Å². The van der Waals surface area contributed by atoms with E-state index < -0.39 is 29.7 Å². The largest absolute Gasteiger partial charge is 0.365 e. The summed E-state index contributed by atoms with van der Waals surface area (Å²) in [6, 6.07) is -1.00. The molecule has 0 unspecified atom stereocenters. The first-order chi connectivity index (χ1) is 7.11. The Morgan fingerprint density at radius 2 is 1.67 bits per heavy atom. The summed E-state index contributed by atoms with van der Waals surface area (Å²) in [5.74, 6) is -2.18. The minimum Gasteiger partial charge on any atom is -0.365 e. The Morgan fingerprint density at radius 1 is 1.20 bits per heavy atom. The highest BCUT2D eigenvalue weighted by Gasteiger charge is 2.61. The SMILES string of the molecule is NC(=O)N1C(=O)[C@H]2[C@H](C1=O)[C@H]1C=C[C@H]2O1. The van der Waals surface area contributed by atoms with Crippen molar-refractivity contribution in [3.05, 3.63) is 12.2 Å². The van der Waals surface area contributed by atoms with Crippen molar-refractivity contribution < 1.29 is 19.1 Å². The van der Waals surface area contributed by atoms with Crippen LogP contribution in [0.3, 0.4) is 0 Å². The van der Waals surface area contributed by atoms with Crippen molar-refractivity contribution in [1.82, 2.24) is 4.90 Å². The summed E-state index contributed by atoms with van der Waals surface area (Å²) < 4.78 is 5.38. The smallest absolute Gasteiger partial charge is 0.328 e. The lowest BCUT2D eigenvalue weighted by atomic mass is 9.85. The maximum absolute atomic E-state index is 11.7. The van der Waals surface area contributed by atoms with Crippen LogP contribution in [0.2, 0.25) is 0 Å². The third-order valence-electron chi connectivity index (χ3n) is 3.13. The van der Waals surface area contributed by atoms with Crippen LogP contribution in [0.15, 0.2) is 12.2 Å². The van der Waals surface area contributed by atoms with E-state index in [1.165, 1.54) is 0 Å². The number of likely N-dealkylation sites (tertiary alicyclic amines) is 1. The van der Waals surface area contributed by atoms with Crippen LogP contribution in [0.4, 0.5) is 4.79 Å². The number of hydrogen-bond acceptors (Lipinski definition) is 4. The van der Waals surface area contributed by atoms with Crippen LogP contribution in [0.5, 0.6) is 0 Å². The average molecular weight is 208 g/mol. The molecule has 2 bridgehead atoms. The van der Waals surface area contributed by atoms with Gasteiger partial charge in [-0.15, -0.1) is 0 Å². The molecular weight excluding hydrogens is 200 g/mol. The van der Waals surface area contributed by atoms with Gasteiger partial charge in [-0.2, -0.15) is 4.90 Å². The number of carbonyl (C=O) groups excluding carboxylic acids is 3. The average Bonchev–Trinajstić information content (AvgIpc) is 2.79. The van der Waals surface area contributed by atoms with Crippen molar-refractivity contribution in [1.29, 1.82) is 0 Å². The minimum atomic E-state index is -1.00. The second-order valence-electron chi connectivity index (χ2n) is 3.85. The van der Waals surface area contributed by atoms with Gasteiger partial charge in [-0.25, -0.2) is 4.79 Å². The zero-order valence-corrected chi connectivity index (χ0v) is 7.62. The van der Waals surface area contributed by atoms with E-state index in [0.717, 1.165) is 0 Å². The lowest BCUT2D eigenvalue weighted by Gasteiger charge is -2.12. The van der Waals surface area contributed by atoms with Crippen molar-refractivity contribution in [2.24, 2.45) is 17.6 Å². The molecule has 3 heterocycles. The highest BCUT2D eigenvalue weighted by molar-refractivity contribution is 6.17. The molecule has 15 heavy (non-hydrogen) atoms. The van der Waals surface area contributed by atoms with E-state index in [1.54, 1.807) is 12.2 Å². The number of rotatable bonds is 0.